The van der Waals surface area contributed by atoms with Gasteiger partial charge in [-0.1, -0.05) is 75.2 Å². The lowest BCUT2D eigenvalue weighted by Crippen LogP contribution is -2.53. The molecule has 7 nitrogen and oxygen atoms in total. The van der Waals surface area contributed by atoms with Crippen LogP contribution in [-0.2, 0) is 14.3 Å². The van der Waals surface area contributed by atoms with E-state index in [9.17, 15) is 19.5 Å². The second-order valence-corrected chi connectivity index (χ2v) is 9.54. The van der Waals surface area contributed by atoms with Crippen LogP contribution >= 0.6 is 0 Å². The molecule has 0 saturated heterocycles. The molecule has 3 atom stereocenters. The SMILES string of the molecule is CC(C)[C@@H](NC(=O)C1CCCCC1NC(=O)OCC1c2ccccc2-c2ccccc21)C(=O)O. The number of rotatable bonds is 7. The van der Waals surface area contributed by atoms with E-state index in [4.69, 9.17) is 4.74 Å². The number of carbonyl (C=O) groups is 3. The molecule has 180 valence electrons. The van der Waals surface area contributed by atoms with Gasteiger partial charge < -0.3 is 20.5 Å². The first-order valence-corrected chi connectivity index (χ1v) is 12.0. The second-order valence-electron chi connectivity index (χ2n) is 9.54. The molecular formula is C27H32N2O5. The van der Waals surface area contributed by atoms with Gasteiger partial charge in [0.15, 0.2) is 0 Å². The molecule has 0 radical (unpaired) electrons. The summed E-state index contributed by atoms with van der Waals surface area (Å²) in [7, 11) is 0. The molecule has 2 aliphatic carbocycles. The third kappa shape index (κ3) is 4.93. The first kappa shape index (κ1) is 23.8. The Labute approximate surface area is 199 Å². The molecule has 0 bridgehead atoms. The van der Waals surface area contributed by atoms with Crippen LogP contribution in [0.3, 0.4) is 0 Å². The Morgan fingerprint density at radius 1 is 0.971 bits per heavy atom. The zero-order valence-electron chi connectivity index (χ0n) is 19.6. The molecular weight excluding hydrogens is 432 g/mol. The van der Waals surface area contributed by atoms with E-state index in [1.54, 1.807) is 13.8 Å². The van der Waals surface area contributed by atoms with Crippen molar-refractivity contribution in [2.45, 2.75) is 57.5 Å². The van der Waals surface area contributed by atoms with Gasteiger partial charge in [-0.3, -0.25) is 4.79 Å². The van der Waals surface area contributed by atoms with E-state index in [0.717, 1.165) is 35.1 Å². The Morgan fingerprint density at radius 3 is 2.15 bits per heavy atom. The fourth-order valence-corrected chi connectivity index (χ4v) is 5.18. The highest BCUT2D eigenvalue weighted by Crippen LogP contribution is 2.44. The van der Waals surface area contributed by atoms with E-state index in [1.165, 1.54) is 0 Å². The van der Waals surface area contributed by atoms with Crippen LogP contribution in [0.4, 0.5) is 4.79 Å². The number of aliphatic carboxylic acids is 1. The maximum Gasteiger partial charge on any atom is 0.407 e. The molecule has 2 amide bonds. The summed E-state index contributed by atoms with van der Waals surface area (Å²) in [5, 5.41) is 15.0. The van der Waals surface area contributed by atoms with Crippen LogP contribution in [0.1, 0.15) is 56.6 Å². The fraction of sp³-hybridized carbons (Fsp3) is 0.444. The molecule has 0 aliphatic heterocycles. The van der Waals surface area contributed by atoms with Crippen molar-refractivity contribution in [3.05, 3.63) is 59.7 Å². The Hall–Kier alpha value is -3.35. The monoisotopic (exact) mass is 464 g/mol. The van der Waals surface area contributed by atoms with Crippen LogP contribution in [0.5, 0.6) is 0 Å². The van der Waals surface area contributed by atoms with E-state index in [1.807, 2.05) is 24.3 Å². The van der Waals surface area contributed by atoms with E-state index in [0.29, 0.717) is 12.8 Å². The van der Waals surface area contributed by atoms with Gasteiger partial charge >= 0.3 is 12.1 Å². The van der Waals surface area contributed by atoms with Gasteiger partial charge in [-0.05, 0) is 41.0 Å². The number of hydrogen-bond donors (Lipinski definition) is 3. The van der Waals surface area contributed by atoms with Crippen molar-refractivity contribution >= 4 is 18.0 Å². The smallest absolute Gasteiger partial charge is 0.407 e. The number of hydrogen-bond acceptors (Lipinski definition) is 4. The van der Waals surface area contributed by atoms with E-state index in [-0.39, 0.29) is 30.4 Å². The molecule has 34 heavy (non-hydrogen) atoms. The van der Waals surface area contributed by atoms with Crippen molar-refractivity contribution in [3.8, 4) is 11.1 Å². The van der Waals surface area contributed by atoms with E-state index >= 15 is 0 Å². The maximum absolute atomic E-state index is 12.9. The third-order valence-corrected chi connectivity index (χ3v) is 6.98. The number of ether oxygens (including phenoxy) is 1. The van der Waals surface area contributed by atoms with Crippen molar-refractivity contribution in [1.29, 1.82) is 0 Å². The number of benzene rings is 2. The highest BCUT2D eigenvalue weighted by molar-refractivity contribution is 5.86. The summed E-state index contributed by atoms with van der Waals surface area (Å²) in [6, 6.07) is 15.0. The molecule has 2 aliphatic rings. The van der Waals surface area contributed by atoms with Crippen LogP contribution in [0.15, 0.2) is 48.5 Å². The summed E-state index contributed by atoms with van der Waals surface area (Å²) in [5.74, 6) is -2.13. The minimum atomic E-state index is -1.06. The second kappa shape index (κ2) is 10.3. The van der Waals surface area contributed by atoms with Gasteiger partial charge in [0.2, 0.25) is 5.91 Å². The normalized spacial score (nSPS) is 20.2. The van der Waals surface area contributed by atoms with Crippen LogP contribution in [0, 0.1) is 11.8 Å². The predicted octanol–water partition coefficient (Wildman–Crippen LogP) is 4.31. The van der Waals surface area contributed by atoms with Gasteiger partial charge in [-0.25, -0.2) is 9.59 Å². The van der Waals surface area contributed by atoms with E-state index in [2.05, 4.69) is 34.9 Å². The molecule has 7 heteroatoms. The molecule has 2 aromatic rings. The molecule has 0 heterocycles. The number of carbonyl (C=O) groups excluding carboxylic acids is 2. The Morgan fingerprint density at radius 2 is 1.56 bits per heavy atom. The zero-order valence-corrected chi connectivity index (χ0v) is 19.6. The number of nitrogens with one attached hydrogen (secondary N) is 2. The molecule has 2 aromatic carbocycles. The third-order valence-electron chi connectivity index (χ3n) is 6.98. The average Bonchev–Trinajstić information content (AvgIpc) is 3.14. The fourth-order valence-electron chi connectivity index (χ4n) is 5.18. The van der Waals surface area contributed by atoms with Crippen molar-refractivity contribution in [2.24, 2.45) is 11.8 Å². The molecule has 1 saturated carbocycles. The standard InChI is InChI=1S/C27H32N2O5/c1-16(2)24(26(31)32)29-25(30)21-13-7-8-14-23(21)28-27(33)34-15-22-19-11-5-3-9-17(19)18-10-4-6-12-20(18)22/h3-6,9-12,16,21-24H,7-8,13-15H2,1-2H3,(H,28,33)(H,29,30)(H,31,32)/t21?,23?,24-/m1/s1. The largest absolute Gasteiger partial charge is 0.480 e. The topological polar surface area (TPSA) is 105 Å². The first-order chi connectivity index (χ1) is 16.4. The average molecular weight is 465 g/mol. The highest BCUT2D eigenvalue weighted by atomic mass is 16.5. The molecule has 1 fully saturated rings. The van der Waals surface area contributed by atoms with Gasteiger partial charge in [0.1, 0.15) is 12.6 Å². The van der Waals surface area contributed by atoms with Crippen molar-refractivity contribution in [1.82, 2.24) is 10.6 Å². The van der Waals surface area contributed by atoms with Crippen LogP contribution < -0.4 is 10.6 Å². The van der Waals surface area contributed by atoms with Crippen LogP contribution in [0.2, 0.25) is 0 Å². The Balaban J connectivity index is 1.39. The van der Waals surface area contributed by atoms with Crippen LogP contribution in [-0.4, -0.2) is 41.8 Å². The van der Waals surface area contributed by atoms with Gasteiger partial charge in [0.05, 0.1) is 5.92 Å². The molecule has 0 spiro atoms. The van der Waals surface area contributed by atoms with Crippen molar-refractivity contribution in [2.75, 3.05) is 6.61 Å². The van der Waals surface area contributed by atoms with Gasteiger partial charge in [0.25, 0.3) is 0 Å². The van der Waals surface area contributed by atoms with Crippen molar-refractivity contribution < 1.29 is 24.2 Å². The number of carboxylic acids is 1. The number of fused-ring (bicyclic) bond motifs is 3. The predicted molar refractivity (Wildman–Crippen MR) is 128 cm³/mol. The maximum atomic E-state index is 12.9. The minimum Gasteiger partial charge on any atom is -0.480 e. The quantitative estimate of drug-likeness (QED) is 0.566. The lowest BCUT2D eigenvalue weighted by Gasteiger charge is -2.32. The molecule has 0 aromatic heterocycles. The summed E-state index contributed by atoms with van der Waals surface area (Å²) in [6.07, 6.45) is 2.46. The number of carboxylic acid groups (broad SMARTS) is 1. The molecule has 4 rings (SSSR count). The lowest BCUT2D eigenvalue weighted by atomic mass is 9.83. The summed E-state index contributed by atoms with van der Waals surface area (Å²) in [4.78, 5) is 37.1. The summed E-state index contributed by atoms with van der Waals surface area (Å²) in [6.45, 7) is 3.72. The minimum absolute atomic E-state index is 0.0361. The van der Waals surface area contributed by atoms with Gasteiger partial charge in [-0.2, -0.15) is 0 Å². The summed E-state index contributed by atoms with van der Waals surface area (Å²) < 4.78 is 5.65. The summed E-state index contributed by atoms with van der Waals surface area (Å²) >= 11 is 0. The van der Waals surface area contributed by atoms with Gasteiger partial charge in [-0.15, -0.1) is 0 Å². The number of alkyl carbamates (subject to hydrolysis) is 1. The van der Waals surface area contributed by atoms with Gasteiger partial charge in [0, 0.05) is 12.0 Å². The first-order valence-electron chi connectivity index (χ1n) is 12.0. The van der Waals surface area contributed by atoms with E-state index < -0.39 is 24.0 Å². The highest BCUT2D eigenvalue weighted by Gasteiger charge is 2.35. The van der Waals surface area contributed by atoms with Crippen molar-refractivity contribution in [3.63, 3.8) is 0 Å². The molecule has 3 N–H and O–H groups in total. The Kier molecular flexibility index (Phi) is 7.20. The summed E-state index contributed by atoms with van der Waals surface area (Å²) in [5.41, 5.74) is 4.60. The Bertz CT molecular complexity index is 1020. The zero-order chi connectivity index (χ0) is 24.2. The molecule has 2 unspecified atom stereocenters. The number of amides is 2. The van der Waals surface area contributed by atoms with Crippen LogP contribution in [0.25, 0.3) is 11.1 Å². The lowest BCUT2D eigenvalue weighted by molar-refractivity contribution is -0.144.